The zero-order chi connectivity index (χ0) is 19.2. The van der Waals surface area contributed by atoms with Crippen molar-refractivity contribution < 1.29 is 13.6 Å². The number of benzene rings is 2. The van der Waals surface area contributed by atoms with Crippen LogP contribution in [0.1, 0.15) is 44.6 Å². The molecule has 1 N–H and O–H groups in total. The molecule has 0 heterocycles. The number of halogens is 1. The molecule has 0 aliphatic heterocycles. The summed E-state index contributed by atoms with van der Waals surface area (Å²) in [6, 6.07) is 17.8. The quantitative estimate of drug-likeness (QED) is 0.466. The van der Waals surface area contributed by atoms with Crippen LogP contribution >= 0.6 is 23.5 Å². The van der Waals surface area contributed by atoms with Crippen LogP contribution in [-0.4, -0.2) is 12.2 Å². The largest absolute Gasteiger partial charge is 0.352 e. The van der Waals surface area contributed by atoms with Gasteiger partial charge in [-0.3, -0.25) is 9.88 Å². The Morgan fingerprint density at radius 1 is 0.923 bits per heavy atom. The van der Waals surface area contributed by atoms with E-state index in [1.54, 1.807) is 0 Å². The zero-order valence-electron chi connectivity index (χ0n) is 15.7. The highest BCUT2D eigenvalue weighted by Gasteiger charge is 2.39. The fraction of sp³-hybridized carbons (Fsp3) is 0.400. The Morgan fingerprint density at radius 3 is 1.96 bits per heavy atom. The summed E-state index contributed by atoms with van der Waals surface area (Å²) in [6.07, 6.45) is -0.424. The Kier molecular flexibility index (Phi) is 8.05. The second-order valence-electron chi connectivity index (χ2n) is 6.67. The van der Waals surface area contributed by atoms with Crippen LogP contribution in [0.2, 0.25) is 0 Å². The summed E-state index contributed by atoms with van der Waals surface area (Å²) in [7, 11) is -3.44. The molecule has 0 aromatic heterocycles. The molecule has 0 radical (unpaired) electrons. The third kappa shape index (κ3) is 6.33. The van der Waals surface area contributed by atoms with E-state index < -0.39 is 13.4 Å². The number of rotatable bonds is 9. The van der Waals surface area contributed by atoms with Crippen molar-refractivity contribution in [3.05, 3.63) is 70.2 Å². The first-order valence-corrected chi connectivity index (χ1v) is 11.2. The van der Waals surface area contributed by atoms with E-state index in [0.717, 1.165) is 15.6 Å². The molecule has 6 heteroatoms. The smallest absolute Gasteiger partial charge is 0.304 e. The van der Waals surface area contributed by atoms with Crippen LogP contribution in [0.3, 0.4) is 0 Å². The maximum atomic E-state index is 13.7. The van der Waals surface area contributed by atoms with Crippen molar-refractivity contribution in [1.29, 1.82) is 0 Å². The molecule has 4 nitrogen and oxygen atoms in total. The predicted molar refractivity (Wildman–Crippen MR) is 110 cm³/mol. The molecule has 2 aromatic rings. The van der Waals surface area contributed by atoms with Crippen LogP contribution < -0.4 is 5.32 Å². The van der Waals surface area contributed by atoms with Crippen molar-refractivity contribution in [2.24, 2.45) is 0 Å². The lowest BCUT2D eigenvalue weighted by Gasteiger charge is -2.31. The third-order valence-corrected chi connectivity index (χ3v) is 6.63. The van der Waals surface area contributed by atoms with E-state index in [2.05, 4.69) is 21.2 Å². The standard InChI is InChI=1S/C20H27BrNO3P/c1-15(2)24-26(23,25-16(3)4)20(18-10-12-19(21)13-11-18)22-14-17-8-6-5-7-9-17/h5-13,15-16,20,22H,14H2,1-4H3/t20-/m0/s1. The summed E-state index contributed by atoms with van der Waals surface area (Å²) in [5.74, 6) is -0.555. The minimum atomic E-state index is -3.44. The third-order valence-electron chi connectivity index (χ3n) is 3.56. The van der Waals surface area contributed by atoms with Crippen molar-refractivity contribution in [1.82, 2.24) is 5.32 Å². The van der Waals surface area contributed by atoms with Gasteiger partial charge in [0.25, 0.3) is 0 Å². The summed E-state index contributed by atoms with van der Waals surface area (Å²) in [5.41, 5.74) is 1.98. The van der Waals surface area contributed by atoms with Crippen LogP contribution in [0, 0.1) is 0 Å². The monoisotopic (exact) mass is 439 g/mol. The fourth-order valence-electron chi connectivity index (χ4n) is 2.60. The zero-order valence-corrected chi connectivity index (χ0v) is 18.2. The maximum Gasteiger partial charge on any atom is 0.352 e. The van der Waals surface area contributed by atoms with Gasteiger partial charge < -0.3 is 9.05 Å². The molecule has 0 aliphatic carbocycles. The van der Waals surface area contributed by atoms with Gasteiger partial charge in [0.1, 0.15) is 5.78 Å². The van der Waals surface area contributed by atoms with E-state index in [4.69, 9.17) is 9.05 Å². The van der Waals surface area contributed by atoms with Gasteiger partial charge in [0.15, 0.2) is 0 Å². The Bertz CT molecular complexity index is 706. The van der Waals surface area contributed by atoms with E-state index in [-0.39, 0.29) is 12.2 Å². The van der Waals surface area contributed by atoms with Crippen LogP contribution in [0.25, 0.3) is 0 Å². The summed E-state index contributed by atoms with van der Waals surface area (Å²) in [6.45, 7) is 8.03. The average molecular weight is 440 g/mol. The molecule has 0 fully saturated rings. The van der Waals surface area contributed by atoms with Crippen LogP contribution in [0.15, 0.2) is 59.1 Å². The number of hydrogen-bond donors (Lipinski definition) is 1. The highest BCUT2D eigenvalue weighted by molar-refractivity contribution is 9.10. The molecule has 0 aliphatic rings. The van der Waals surface area contributed by atoms with Gasteiger partial charge in [-0.2, -0.15) is 0 Å². The van der Waals surface area contributed by atoms with E-state index in [1.165, 1.54) is 0 Å². The molecule has 26 heavy (non-hydrogen) atoms. The van der Waals surface area contributed by atoms with E-state index in [0.29, 0.717) is 6.54 Å². The molecule has 2 rings (SSSR count). The van der Waals surface area contributed by atoms with Crippen LogP contribution in [-0.2, 0) is 20.2 Å². The highest BCUT2D eigenvalue weighted by Crippen LogP contribution is 2.61. The fourth-order valence-corrected chi connectivity index (χ4v) is 5.19. The highest BCUT2D eigenvalue weighted by atomic mass is 79.9. The van der Waals surface area contributed by atoms with Crippen LogP contribution in [0.4, 0.5) is 0 Å². The van der Waals surface area contributed by atoms with Crippen molar-refractivity contribution in [2.45, 2.75) is 52.2 Å². The minimum absolute atomic E-state index is 0.212. The van der Waals surface area contributed by atoms with E-state index >= 15 is 0 Å². The van der Waals surface area contributed by atoms with Crippen LogP contribution in [0.5, 0.6) is 0 Å². The SMILES string of the molecule is CC(C)OP(=O)(OC(C)C)[C@H](NCc1ccccc1)c1ccc(Br)cc1. The van der Waals surface area contributed by atoms with Gasteiger partial charge in [-0.1, -0.05) is 58.4 Å². The normalized spacial score (nSPS) is 13.3. The Labute approximate surface area is 165 Å². The predicted octanol–water partition coefficient (Wildman–Crippen LogP) is 6.28. The molecule has 0 amide bonds. The summed E-state index contributed by atoms with van der Waals surface area (Å²) in [5, 5.41) is 3.39. The summed E-state index contributed by atoms with van der Waals surface area (Å²) in [4.78, 5) is 0. The molecule has 2 aromatic carbocycles. The molecule has 0 bridgehead atoms. The lowest BCUT2D eigenvalue weighted by molar-refractivity contribution is 0.133. The van der Waals surface area contributed by atoms with Gasteiger partial charge in [0.2, 0.25) is 0 Å². The Morgan fingerprint density at radius 2 is 1.46 bits per heavy atom. The van der Waals surface area contributed by atoms with Crippen molar-refractivity contribution in [2.75, 3.05) is 0 Å². The molecular weight excluding hydrogens is 413 g/mol. The number of hydrogen-bond acceptors (Lipinski definition) is 4. The number of nitrogens with one attached hydrogen (secondary N) is 1. The van der Waals surface area contributed by atoms with Gasteiger partial charge in [0.05, 0.1) is 12.2 Å². The maximum absolute atomic E-state index is 13.7. The molecular formula is C20H27BrNO3P. The first-order chi connectivity index (χ1) is 12.3. The Balaban J connectivity index is 2.35. The summed E-state index contributed by atoms with van der Waals surface area (Å²) < 4.78 is 26.4. The van der Waals surface area contributed by atoms with Gasteiger partial charge in [-0.25, -0.2) is 0 Å². The topological polar surface area (TPSA) is 47.6 Å². The minimum Gasteiger partial charge on any atom is -0.304 e. The van der Waals surface area contributed by atoms with E-state index in [9.17, 15) is 4.57 Å². The lowest BCUT2D eigenvalue weighted by Crippen LogP contribution is -2.25. The first-order valence-electron chi connectivity index (χ1n) is 8.79. The van der Waals surface area contributed by atoms with Gasteiger partial charge in [-0.05, 0) is 51.0 Å². The van der Waals surface area contributed by atoms with Gasteiger partial charge in [-0.15, -0.1) is 0 Å². The molecule has 0 saturated heterocycles. The Hall–Kier alpha value is -0.970. The summed E-state index contributed by atoms with van der Waals surface area (Å²) >= 11 is 3.45. The van der Waals surface area contributed by atoms with Crippen molar-refractivity contribution in [3.8, 4) is 0 Å². The van der Waals surface area contributed by atoms with Gasteiger partial charge in [0, 0.05) is 11.0 Å². The molecule has 0 unspecified atom stereocenters. The second-order valence-corrected chi connectivity index (χ2v) is 9.60. The molecule has 142 valence electrons. The molecule has 0 spiro atoms. The van der Waals surface area contributed by atoms with Crippen molar-refractivity contribution >= 4 is 23.5 Å². The molecule has 0 saturated carbocycles. The van der Waals surface area contributed by atoms with E-state index in [1.807, 2.05) is 82.3 Å². The average Bonchev–Trinajstić information content (AvgIpc) is 2.56. The van der Waals surface area contributed by atoms with Crippen molar-refractivity contribution in [3.63, 3.8) is 0 Å². The lowest BCUT2D eigenvalue weighted by atomic mass is 10.2. The first kappa shape index (κ1) is 21.3. The molecule has 1 atom stereocenters. The van der Waals surface area contributed by atoms with Gasteiger partial charge >= 0.3 is 7.60 Å². The second kappa shape index (κ2) is 9.82.